The van der Waals surface area contributed by atoms with Crippen LogP contribution in [0.1, 0.15) is 35.7 Å². The third-order valence-corrected chi connectivity index (χ3v) is 4.30. The number of carbonyl (C=O) groups is 1. The lowest BCUT2D eigenvalue weighted by Crippen LogP contribution is -2.11. The molecule has 0 bridgehead atoms. The topological polar surface area (TPSA) is 54.9 Å². The minimum atomic E-state index is -0.177. The summed E-state index contributed by atoms with van der Waals surface area (Å²) in [5.41, 5.74) is 3.79. The van der Waals surface area contributed by atoms with Crippen molar-refractivity contribution >= 4 is 22.4 Å². The van der Waals surface area contributed by atoms with Crippen LogP contribution < -0.4 is 5.32 Å². The minimum absolute atomic E-state index is 0.177. The Morgan fingerprint density at radius 3 is 2.43 bits per heavy atom. The zero-order valence-corrected chi connectivity index (χ0v) is 13.8. The molecule has 0 fully saturated rings. The molecule has 0 aliphatic carbocycles. The van der Waals surface area contributed by atoms with E-state index in [0.29, 0.717) is 16.6 Å². The molecule has 4 nitrogen and oxygen atoms in total. The van der Waals surface area contributed by atoms with E-state index in [2.05, 4.69) is 53.4 Å². The second-order valence-corrected chi connectivity index (χ2v) is 6.36. The second-order valence-electron chi connectivity index (χ2n) is 5.50. The number of nitrogens with one attached hydrogen (secondary N) is 1. The van der Waals surface area contributed by atoms with Crippen LogP contribution >= 0.6 is 11.3 Å². The second kappa shape index (κ2) is 6.71. The average Bonchev–Trinajstić information content (AvgIpc) is 3.04. The van der Waals surface area contributed by atoms with Gasteiger partial charge in [-0.1, -0.05) is 38.1 Å². The highest BCUT2D eigenvalue weighted by Gasteiger charge is 2.10. The van der Waals surface area contributed by atoms with Crippen molar-refractivity contribution in [1.82, 2.24) is 9.97 Å². The number of aromatic nitrogens is 2. The third kappa shape index (κ3) is 3.63. The first kappa shape index (κ1) is 15.4. The van der Waals surface area contributed by atoms with Crippen LogP contribution in [0.3, 0.4) is 0 Å². The van der Waals surface area contributed by atoms with Gasteiger partial charge in [-0.15, -0.1) is 11.3 Å². The van der Waals surface area contributed by atoms with Crippen molar-refractivity contribution in [1.29, 1.82) is 0 Å². The van der Waals surface area contributed by atoms with Gasteiger partial charge in [0.15, 0.2) is 5.13 Å². The summed E-state index contributed by atoms with van der Waals surface area (Å²) in [7, 11) is 0. The molecule has 0 radical (unpaired) electrons. The van der Waals surface area contributed by atoms with Gasteiger partial charge in [0.25, 0.3) is 5.91 Å². The fourth-order valence-electron chi connectivity index (χ4n) is 2.18. The zero-order chi connectivity index (χ0) is 16.2. The first-order valence-electron chi connectivity index (χ1n) is 7.40. The van der Waals surface area contributed by atoms with Crippen molar-refractivity contribution in [3.8, 4) is 11.3 Å². The van der Waals surface area contributed by atoms with Gasteiger partial charge in [0, 0.05) is 28.9 Å². The molecule has 2 aromatic heterocycles. The van der Waals surface area contributed by atoms with E-state index in [0.717, 1.165) is 11.3 Å². The summed E-state index contributed by atoms with van der Waals surface area (Å²) in [6.45, 7) is 4.34. The average molecular weight is 323 g/mol. The Morgan fingerprint density at radius 2 is 1.78 bits per heavy atom. The number of benzene rings is 1. The van der Waals surface area contributed by atoms with Gasteiger partial charge in [-0.25, -0.2) is 4.98 Å². The summed E-state index contributed by atoms with van der Waals surface area (Å²) >= 11 is 1.42. The van der Waals surface area contributed by atoms with Crippen LogP contribution in [0.4, 0.5) is 5.13 Å². The molecule has 2 heterocycles. The summed E-state index contributed by atoms with van der Waals surface area (Å²) < 4.78 is 0. The van der Waals surface area contributed by atoms with Crippen LogP contribution in [-0.4, -0.2) is 15.9 Å². The highest BCUT2D eigenvalue weighted by molar-refractivity contribution is 7.14. The van der Waals surface area contributed by atoms with Gasteiger partial charge in [0.2, 0.25) is 0 Å². The van der Waals surface area contributed by atoms with E-state index in [1.165, 1.54) is 16.9 Å². The molecule has 3 aromatic rings. The molecule has 116 valence electrons. The largest absolute Gasteiger partial charge is 0.298 e. The normalized spacial score (nSPS) is 10.7. The molecule has 0 saturated heterocycles. The first-order chi connectivity index (χ1) is 11.1. The maximum Gasteiger partial charge on any atom is 0.257 e. The predicted molar refractivity (Wildman–Crippen MR) is 93.8 cm³/mol. The van der Waals surface area contributed by atoms with Gasteiger partial charge in [-0.05, 0) is 23.6 Å². The molecule has 0 unspecified atom stereocenters. The van der Waals surface area contributed by atoms with Crippen molar-refractivity contribution in [3.63, 3.8) is 0 Å². The SMILES string of the molecule is CC(C)c1ccc(-c2csc(NC(=O)c3ccncc3)n2)cc1. The fraction of sp³-hybridized carbons (Fsp3) is 0.167. The summed E-state index contributed by atoms with van der Waals surface area (Å²) in [6.07, 6.45) is 3.19. The highest BCUT2D eigenvalue weighted by Crippen LogP contribution is 2.26. The first-order valence-corrected chi connectivity index (χ1v) is 8.28. The van der Waals surface area contributed by atoms with E-state index in [9.17, 15) is 4.79 Å². The Labute approximate surface area is 139 Å². The monoisotopic (exact) mass is 323 g/mol. The van der Waals surface area contributed by atoms with Gasteiger partial charge in [-0.3, -0.25) is 15.1 Å². The van der Waals surface area contributed by atoms with Gasteiger partial charge in [-0.2, -0.15) is 0 Å². The van der Waals surface area contributed by atoms with Gasteiger partial charge in [0.05, 0.1) is 5.69 Å². The van der Waals surface area contributed by atoms with Crippen molar-refractivity contribution in [2.24, 2.45) is 0 Å². The van der Waals surface area contributed by atoms with E-state index in [-0.39, 0.29) is 5.91 Å². The lowest BCUT2D eigenvalue weighted by atomic mass is 10.0. The molecule has 1 aromatic carbocycles. The molecule has 1 amide bonds. The summed E-state index contributed by atoms with van der Waals surface area (Å²) in [4.78, 5) is 20.5. The molecule has 0 spiro atoms. The number of hydrogen-bond donors (Lipinski definition) is 1. The van der Waals surface area contributed by atoms with Crippen molar-refractivity contribution in [3.05, 3.63) is 65.3 Å². The van der Waals surface area contributed by atoms with Gasteiger partial charge >= 0.3 is 0 Å². The summed E-state index contributed by atoms with van der Waals surface area (Å²) in [5.74, 6) is 0.332. The van der Waals surface area contributed by atoms with E-state index < -0.39 is 0 Å². The van der Waals surface area contributed by atoms with Crippen LogP contribution in [0.15, 0.2) is 54.2 Å². The molecule has 1 N–H and O–H groups in total. The predicted octanol–water partition coefficient (Wildman–Crippen LogP) is 4.58. The molecule has 0 aliphatic rings. The Bertz CT molecular complexity index is 795. The number of thiazole rings is 1. The highest BCUT2D eigenvalue weighted by atomic mass is 32.1. The molecule has 0 saturated carbocycles. The van der Waals surface area contributed by atoms with Gasteiger partial charge in [0.1, 0.15) is 0 Å². The third-order valence-electron chi connectivity index (χ3n) is 3.54. The number of nitrogens with zero attached hydrogens (tertiary/aromatic N) is 2. The standard InChI is InChI=1S/C18H17N3OS/c1-12(2)13-3-5-14(6-4-13)16-11-23-18(20-16)21-17(22)15-7-9-19-10-8-15/h3-12H,1-2H3,(H,20,21,22). The Hall–Kier alpha value is -2.53. The van der Waals surface area contributed by atoms with Crippen molar-refractivity contribution in [2.45, 2.75) is 19.8 Å². The Balaban J connectivity index is 1.74. The van der Waals surface area contributed by atoms with Crippen LogP contribution in [0.5, 0.6) is 0 Å². The quantitative estimate of drug-likeness (QED) is 0.764. The van der Waals surface area contributed by atoms with E-state index in [4.69, 9.17) is 0 Å². The maximum absolute atomic E-state index is 12.1. The zero-order valence-electron chi connectivity index (χ0n) is 13.0. The molecular weight excluding hydrogens is 306 g/mol. The number of pyridine rings is 1. The number of rotatable bonds is 4. The Morgan fingerprint density at radius 1 is 1.09 bits per heavy atom. The van der Waals surface area contributed by atoms with Crippen LogP contribution in [0, 0.1) is 0 Å². The minimum Gasteiger partial charge on any atom is -0.298 e. The van der Waals surface area contributed by atoms with E-state index >= 15 is 0 Å². The number of anilines is 1. The van der Waals surface area contributed by atoms with Crippen LogP contribution in [0.25, 0.3) is 11.3 Å². The fourth-order valence-corrected chi connectivity index (χ4v) is 2.89. The smallest absolute Gasteiger partial charge is 0.257 e. The Kier molecular flexibility index (Phi) is 4.48. The van der Waals surface area contributed by atoms with Crippen LogP contribution in [-0.2, 0) is 0 Å². The molecule has 0 aliphatic heterocycles. The molecule has 5 heteroatoms. The lowest BCUT2D eigenvalue weighted by Gasteiger charge is -2.05. The summed E-state index contributed by atoms with van der Waals surface area (Å²) in [5, 5.41) is 5.36. The van der Waals surface area contributed by atoms with Crippen molar-refractivity contribution < 1.29 is 4.79 Å². The van der Waals surface area contributed by atoms with Crippen LogP contribution in [0.2, 0.25) is 0 Å². The molecule has 3 rings (SSSR count). The molecule has 0 atom stereocenters. The number of amides is 1. The molecular formula is C18H17N3OS. The van der Waals surface area contributed by atoms with E-state index in [1.807, 2.05) is 5.38 Å². The van der Waals surface area contributed by atoms with Gasteiger partial charge < -0.3 is 0 Å². The van der Waals surface area contributed by atoms with Crippen molar-refractivity contribution in [2.75, 3.05) is 5.32 Å². The summed E-state index contributed by atoms with van der Waals surface area (Å²) in [6, 6.07) is 11.7. The lowest BCUT2D eigenvalue weighted by molar-refractivity contribution is 0.102. The molecule has 23 heavy (non-hydrogen) atoms. The maximum atomic E-state index is 12.1. The number of carbonyl (C=O) groups excluding carboxylic acids is 1. The number of hydrogen-bond acceptors (Lipinski definition) is 4. The van der Waals surface area contributed by atoms with E-state index in [1.54, 1.807) is 24.5 Å².